The number of carbonyl (C=O) groups excluding carboxylic acids is 1. The molecule has 0 saturated heterocycles. The number of amides is 1. The van der Waals surface area contributed by atoms with E-state index in [1.54, 1.807) is 38.4 Å². The molecule has 0 saturated carbocycles. The van der Waals surface area contributed by atoms with Gasteiger partial charge in [-0.2, -0.15) is 0 Å². The summed E-state index contributed by atoms with van der Waals surface area (Å²) < 4.78 is 25.7. The minimum atomic E-state index is -3.26. The standard InChI is InChI=1S/C13H20N2O3S/c1-4-9-19(17,18)14-12-7-5-11(6-8-12)10-13(16)15(2)3/h5-8,14H,4,9-10H2,1-3H3. The minimum absolute atomic E-state index is 0.0133. The minimum Gasteiger partial charge on any atom is -0.349 e. The van der Waals surface area contributed by atoms with Gasteiger partial charge in [-0.3, -0.25) is 9.52 Å². The normalized spacial score (nSPS) is 11.1. The van der Waals surface area contributed by atoms with E-state index in [2.05, 4.69) is 4.72 Å². The van der Waals surface area contributed by atoms with Gasteiger partial charge in [0.1, 0.15) is 0 Å². The predicted molar refractivity (Wildman–Crippen MR) is 76.5 cm³/mol. The summed E-state index contributed by atoms with van der Waals surface area (Å²) in [4.78, 5) is 13.1. The maximum Gasteiger partial charge on any atom is 0.232 e. The van der Waals surface area contributed by atoms with Gasteiger partial charge in [0.25, 0.3) is 0 Å². The fourth-order valence-electron chi connectivity index (χ4n) is 1.52. The smallest absolute Gasteiger partial charge is 0.232 e. The predicted octanol–water partition coefficient (Wildman–Crippen LogP) is 1.47. The Balaban J connectivity index is 2.69. The van der Waals surface area contributed by atoms with Crippen molar-refractivity contribution in [2.75, 3.05) is 24.6 Å². The summed E-state index contributed by atoms with van der Waals surface area (Å²) in [6, 6.07) is 6.85. The average molecular weight is 284 g/mol. The first kappa shape index (κ1) is 15.5. The van der Waals surface area contributed by atoms with Crippen LogP contribution in [0.3, 0.4) is 0 Å². The van der Waals surface area contributed by atoms with Crippen LogP contribution in [0.1, 0.15) is 18.9 Å². The summed E-state index contributed by atoms with van der Waals surface area (Å²) in [5.74, 6) is 0.118. The Morgan fingerprint density at radius 2 is 1.79 bits per heavy atom. The van der Waals surface area contributed by atoms with Crippen molar-refractivity contribution in [3.63, 3.8) is 0 Å². The van der Waals surface area contributed by atoms with Crippen LogP contribution in [0.15, 0.2) is 24.3 Å². The van der Waals surface area contributed by atoms with Gasteiger partial charge in [0.05, 0.1) is 12.2 Å². The summed E-state index contributed by atoms with van der Waals surface area (Å²) in [7, 11) is 0.149. The van der Waals surface area contributed by atoms with Crippen LogP contribution in [0.25, 0.3) is 0 Å². The highest BCUT2D eigenvalue weighted by atomic mass is 32.2. The molecule has 0 fully saturated rings. The Labute approximate surface area is 114 Å². The van der Waals surface area contributed by atoms with E-state index in [0.29, 0.717) is 18.5 Å². The van der Waals surface area contributed by atoms with Crippen molar-refractivity contribution in [1.82, 2.24) is 4.90 Å². The lowest BCUT2D eigenvalue weighted by Gasteiger charge is -2.11. The number of rotatable bonds is 6. The molecule has 0 spiro atoms. The van der Waals surface area contributed by atoms with Gasteiger partial charge >= 0.3 is 0 Å². The topological polar surface area (TPSA) is 66.5 Å². The first-order chi connectivity index (χ1) is 8.84. The van der Waals surface area contributed by atoms with Crippen molar-refractivity contribution in [2.45, 2.75) is 19.8 Å². The Kier molecular flexibility index (Phi) is 5.35. The molecule has 0 aliphatic carbocycles. The third-order valence-corrected chi connectivity index (χ3v) is 4.05. The van der Waals surface area contributed by atoms with Crippen LogP contribution in [0.5, 0.6) is 0 Å². The van der Waals surface area contributed by atoms with E-state index in [4.69, 9.17) is 0 Å². The number of nitrogens with zero attached hydrogens (tertiary/aromatic N) is 1. The second kappa shape index (κ2) is 6.56. The summed E-state index contributed by atoms with van der Waals surface area (Å²) in [6.45, 7) is 1.81. The summed E-state index contributed by atoms with van der Waals surface area (Å²) >= 11 is 0. The van der Waals surface area contributed by atoms with Crippen LogP contribution in [0, 0.1) is 0 Å². The third kappa shape index (κ3) is 5.30. The van der Waals surface area contributed by atoms with Crippen molar-refractivity contribution in [3.05, 3.63) is 29.8 Å². The molecule has 1 rings (SSSR count). The number of sulfonamides is 1. The zero-order chi connectivity index (χ0) is 14.5. The van der Waals surface area contributed by atoms with Crippen LogP contribution in [-0.4, -0.2) is 39.1 Å². The number of hydrogen-bond donors (Lipinski definition) is 1. The van der Waals surface area contributed by atoms with E-state index in [1.165, 1.54) is 4.90 Å². The Bertz CT molecular complexity index is 521. The second-order valence-corrected chi connectivity index (χ2v) is 6.42. The zero-order valence-corrected chi connectivity index (χ0v) is 12.3. The fourth-order valence-corrected chi connectivity index (χ4v) is 2.66. The molecular formula is C13H20N2O3S. The van der Waals surface area contributed by atoms with Crippen molar-refractivity contribution >= 4 is 21.6 Å². The highest BCUT2D eigenvalue weighted by Crippen LogP contribution is 2.12. The fraction of sp³-hybridized carbons (Fsp3) is 0.462. The van der Waals surface area contributed by atoms with Crippen molar-refractivity contribution in [3.8, 4) is 0 Å². The maximum absolute atomic E-state index is 11.6. The number of likely N-dealkylation sites (N-methyl/N-ethyl adjacent to an activating group) is 1. The zero-order valence-electron chi connectivity index (χ0n) is 11.5. The molecule has 0 radical (unpaired) electrons. The number of benzene rings is 1. The molecule has 0 unspecified atom stereocenters. The Morgan fingerprint density at radius 1 is 1.21 bits per heavy atom. The van der Waals surface area contributed by atoms with E-state index in [-0.39, 0.29) is 11.7 Å². The van der Waals surface area contributed by atoms with Crippen molar-refractivity contribution in [2.24, 2.45) is 0 Å². The molecule has 1 aromatic rings. The van der Waals surface area contributed by atoms with Gasteiger partial charge in [-0.25, -0.2) is 8.42 Å². The van der Waals surface area contributed by atoms with Crippen LogP contribution < -0.4 is 4.72 Å². The van der Waals surface area contributed by atoms with Crippen molar-refractivity contribution in [1.29, 1.82) is 0 Å². The maximum atomic E-state index is 11.6. The molecule has 0 atom stereocenters. The average Bonchev–Trinajstić information content (AvgIpc) is 2.31. The number of anilines is 1. The largest absolute Gasteiger partial charge is 0.349 e. The van der Waals surface area contributed by atoms with Gasteiger partial charge in [0, 0.05) is 19.8 Å². The first-order valence-corrected chi connectivity index (χ1v) is 7.79. The van der Waals surface area contributed by atoms with Gasteiger partial charge < -0.3 is 4.90 Å². The lowest BCUT2D eigenvalue weighted by molar-refractivity contribution is -0.127. The number of carbonyl (C=O) groups is 1. The molecule has 0 heterocycles. The van der Waals surface area contributed by atoms with Crippen LogP contribution in [-0.2, 0) is 21.2 Å². The van der Waals surface area contributed by atoms with Gasteiger partial charge in [0.2, 0.25) is 15.9 Å². The van der Waals surface area contributed by atoms with Gasteiger partial charge in [-0.15, -0.1) is 0 Å². The van der Waals surface area contributed by atoms with Crippen molar-refractivity contribution < 1.29 is 13.2 Å². The lowest BCUT2D eigenvalue weighted by Crippen LogP contribution is -2.23. The number of hydrogen-bond acceptors (Lipinski definition) is 3. The molecule has 1 amide bonds. The molecule has 0 bridgehead atoms. The van der Waals surface area contributed by atoms with Crippen LogP contribution >= 0.6 is 0 Å². The monoisotopic (exact) mass is 284 g/mol. The lowest BCUT2D eigenvalue weighted by atomic mass is 10.1. The van der Waals surface area contributed by atoms with Gasteiger partial charge in [-0.1, -0.05) is 19.1 Å². The highest BCUT2D eigenvalue weighted by molar-refractivity contribution is 7.92. The van der Waals surface area contributed by atoms with Gasteiger partial charge in [0.15, 0.2) is 0 Å². The highest BCUT2D eigenvalue weighted by Gasteiger charge is 2.09. The molecular weight excluding hydrogens is 264 g/mol. The molecule has 0 aliphatic rings. The summed E-state index contributed by atoms with van der Waals surface area (Å²) in [5, 5.41) is 0. The Hall–Kier alpha value is -1.56. The van der Waals surface area contributed by atoms with E-state index < -0.39 is 10.0 Å². The van der Waals surface area contributed by atoms with E-state index >= 15 is 0 Å². The second-order valence-electron chi connectivity index (χ2n) is 4.58. The van der Waals surface area contributed by atoms with E-state index in [0.717, 1.165) is 5.56 Å². The first-order valence-electron chi connectivity index (χ1n) is 6.13. The summed E-state index contributed by atoms with van der Waals surface area (Å²) in [6.07, 6.45) is 0.889. The molecule has 19 heavy (non-hydrogen) atoms. The van der Waals surface area contributed by atoms with Crippen LogP contribution in [0.4, 0.5) is 5.69 Å². The molecule has 1 aromatic carbocycles. The quantitative estimate of drug-likeness (QED) is 0.860. The van der Waals surface area contributed by atoms with Gasteiger partial charge in [-0.05, 0) is 24.1 Å². The third-order valence-electron chi connectivity index (χ3n) is 2.55. The number of nitrogens with one attached hydrogen (secondary N) is 1. The van der Waals surface area contributed by atoms with Crippen LogP contribution in [0.2, 0.25) is 0 Å². The summed E-state index contributed by atoms with van der Waals surface area (Å²) in [5.41, 5.74) is 1.38. The van der Waals surface area contributed by atoms with E-state index in [1.807, 2.05) is 6.92 Å². The Morgan fingerprint density at radius 3 is 2.26 bits per heavy atom. The molecule has 1 N–H and O–H groups in total. The SMILES string of the molecule is CCCS(=O)(=O)Nc1ccc(CC(=O)N(C)C)cc1. The molecule has 0 aromatic heterocycles. The van der Waals surface area contributed by atoms with E-state index in [9.17, 15) is 13.2 Å². The molecule has 106 valence electrons. The molecule has 5 nitrogen and oxygen atoms in total. The molecule has 6 heteroatoms. The molecule has 0 aliphatic heterocycles.